The third kappa shape index (κ3) is 4.07. The lowest BCUT2D eigenvalue weighted by atomic mass is 9.71. The highest BCUT2D eigenvalue weighted by Gasteiger charge is 2.36. The molecule has 5 heteroatoms. The molecular weight excluding hydrogens is 328 g/mol. The van der Waals surface area contributed by atoms with E-state index in [0.717, 1.165) is 30.2 Å². The van der Waals surface area contributed by atoms with Gasteiger partial charge in [-0.15, -0.1) is 0 Å². The van der Waals surface area contributed by atoms with Gasteiger partial charge in [-0.3, -0.25) is 0 Å². The topological polar surface area (TPSA) is 45.1 Å². The molecule has 0 atom stereocenters. The van der Waals surface area contributed by atoms with Crippen molar-refractivity contribution in [2.24, 2.45) is 5.41 Å². The number of pyridine rings is 1. The monoisotopic (exact) mass is 346 g/mol. The fourth-order valence-corrected chi connectivity index (χ4v) is 3.06. The van der Waals surface area contributed by atoms with Crippen molar-refractivity contribution in [3.05, 3.63) is 21.8 Å². The van der Waals surface area contributed by atoms with E-state index in [-0.39, 0.29) is 0 Å². The first-order valence-electron chi connectivity index (χ1n) is 6.57. The molecule has 0 radical (unpaired) electrons. The van der Waals surface area contributed by atoms with Crippen molar-refractivity contribution in [3.8, 4) is 0 Å². The summed E-state index contributed by atoms with van der Waals surface area (Å²) in [6.45, 7) is 5.01. The standard InChI is InChI=1S/C14H20BrClN2O/c1-13(2)3-5-14(19,6-4-13)9-18-12-11(16)7-10(15)8-17-12/h7-8,19H,3-6,9H2,1-2H3,(H,17,18). The van der Waals surface area contributed by atoms with Gasteiger partial charge < -0.3 is 10.4 Å². The SMILES string of the molecule is CC1(C)CCC(O)(CNc2ncc(Br)cc2Cl)CC1. The molecule has 0 aromatic carbocycles. The Kier molecular flexibility index (Phi) is 4.43. The Morgan fingerprint density at radius 1 is 1.37 bits per heavy atom. The van der Waals surface area contributed by atoms with Crippen LogP contribution in [-0.2, 0) is 0 Å². The van der Waals surface area contributed by atoms with E-state index in [1.54, 1.807) is 12.3 Å². The molecule has 1 aliphatic rings. The first-order valence-corrected chi connectivity index (χ1v) is 7.74. The predicted molar refractivity (Wildman–Crippen MR) is 82.6 cm³/mol. The van der Waals surface area contributed by atoms with Crippen LogP contribution >= 0.6 is 27.5 Å². The minimum Gasteiger partial charge on any atom is -0.388 e. The average molecular weight is 348 g/mol. The maximum absolute atomic E-state index is 10.6. The maximum Gasteiger partial charge on any atom is 0.144 e. The minimum absolute atomic E-state index is 0.347. The lowest BCUT2D eigenvalue weighted by Gasteiger charge is -2.40. The Balaban J connectivity index is 1.95. The van der Waals surface area contributed by atoms with E-state index in [1.165, 1.54) is 0 Å². The van der Waals surface area contributed by atoms with Gasteiger partial charge in [0.2, 0.25) is 0 Å². The van der Waals surface area contributed by atoms with Crippen LogP contribution in [0.5, 0.6) is 0 Å². The molecule has 2 rings (SSSR count). The van der Waals surface area contributed by atoms with E-state index in [4.69, 9.17) is 11.6 Å². The Bertz CT molecular complexity index is 455. The quantitative estimate of drug-likeness (QED) is 0.859. The van der Waals surface area contributed by atoms with E-state index >= 15 is 0 Å². The molecule has 19 heavy (non-hydrogen) atoms. The molecule has 1 aromatic rings. The predicted octanol–water partition coefficient (Wildman–Crippen LogP) is 4.24. The summed E-state index contributed by atoms with van der Waals surface area (Å²) in [6, 6.07) is 1.80. The molecule has 1 aliphatic carbocycles. The van der Waals surface area contributed by atoms with Crippen LogP contribution in [0, 0.1) is 5.41 Å². The second-order valence-electron chi connectivity index (χ2n) is 6.23. The summed E-state index contributed by atoms with van der Waals surface area (Å²) >= 11 is 9.42. The molecule has 1 saturated carbocycles. The first kappa shape index (κ1) is 15.1. The Morgan fingerprint density at radius 3 is 2.58 bits per heavy atom. The van der Waals surface area contributed by atoms with Crippen LogP contribution < -0.4 is 5.32 Å². The fraction of sp³-hybridized carbons (Fsp3) is 0.643. The zero-order valence-corrected chi connectivity index (χ0v) is 13.7. The number of nitrogens with zero attached hydrogens (tertiary/aromatic N) is 1. The third-order valence-corrected chi connectivity index (χ3v) is 4.65. The zero-order valence-electron chi connectivity index (χ0n) is 11.3. The van der Waals surface area contributed by atoms with E-state index < -0.39 is 5.60 Å². The van der Waals surface area contributed by atoms with Gasteiger partial charge in [-0.05, 0) is 53.1 Å². The van der Waals surface area contributed by atoms with Crippen molar-refractivity contribution in [1.29, 1.82) is 0 Å². The molecule has 0 amide bonds. The molecule has 2 N–H and O–H groups in total. The lowest BCUT2D eigenvalue weighted by Crippen LogP contribution is -2.42. The van der Waals surface area contributed by atoms with Crippen LogP contribution in [0.15, 0.2) is 16.7 Å². The van der Waals surface area contributed by atoms with Crippen LogP contribution in [0.3, 0.4) is 0 Å². The highest BCUT2D eigenvalue weighted by atomic mass is 79.9. The zero-order chi connectivity index (χ0) is 14.1. The summed E-state index contributed by atoms with van der Waals surface area (Å²) in [5, 5.41) is 14.3. The molecule has 0 spiro atoms. The van der Waals surface area contributed by atoms with Gasteiger partial charge in [-0.2, -0.15) is 0 Å². The Morgan fingerprint density at radius 2 is 2.00 bits per heavy atom. The van der Waals surface area contributed by atoms with Crippen LogP contribution in [0.4, 0.5) is 5.82 Å². The third-order valence-electron chi connectivity index (χ3n) is 3.93. The van der Waals surface area contributed by atoms with Gasteiger partial charge >= 0.3 is 0 Å². The number of hydrogen-bond donors (Lipinski definition) is 2. The second kappa shape index (κ2) is 5.58. The lowest BCUT2D eigenvalue weighted by molar-refractivity contribution is -0.0145. The minimum atomic E-state index is -0.645. The van der Waals surface area contributed by atoms with E-state index in [2.05, 4.69) is 40.1 Å². The van der Waals surface area contributed by atoms with Gasteiger partial charge in [0.1, 0.15) is 5.82 Å². The smallest absolute Gasteiger partial charge is 0.144 e. The van der Waals surface area contributed by atoms with Gasteiger partial charge in [-0.25, -0.2) is 4.98 Å². The molecule has 0 unspecified atom stereocenters. The molecule has 1 fully saturated rings. The number of hydrogen-bond acceptors (Lipinski definition) is 3. The summed E-state index contributed by atoms with van der Waals surface area (Å²) in [4.78, 5) is 4.22. The summed E-state index contributed by atoms with van der Waals surface area (Å²) in [6.07, 6.45) is 5.43. The normalized spacial score (nSPS) is 21.1. The van der Waals surface area contributed by atoms with Crippen molar-refractivity contribution in [2.45, 2.75) is 45.1 Å². The highest BCUT2D eigenvalue weighted by molar-refractivity contribution is 9.10. The van der Waals surface area contributed by atoms with Crippen LogP contribution in [-0.4, -0.2) is 22.2 Å². The van der Waals surface area contributed by atoms with Gasteiger partial charge in [0, 0.05) is 17.2 Å². The summed E-state index contributed by atoms with van der Waals surface area (Å²) < 4.78 is 0.848. The number of rotatable bonds is 3. The van der Waals surface area contributed by atoms with Crippen molar-refractivity contribution in [3.63, 3.8) is 0 Å². The number of anilines is 1. The Hall–Kier alpha value is -0.320. The molecule has 1 heterocycles. The van der Waals surface area contributed by atoms with Crippen molar-refractivity contribution in [1.82, 2.24) is 4.98 Å². The van der Waals surface area contributed by atoms with Crippen molar-refractivity contribution >= 4 is 33.3 Å². The average Bonchev–Trinajstić information content (AvgIpc) is 2.33. The molecule has 1 aromatic heterocycles. The largest absolute Gasteiger partial charge is 0.388 e. The first-order chi connectivity index (χ1) is 8.80. The molecule has 0 saturated heterocycles. The van der Waals surface area contributed by atoms with Gasteiger partial charge in [0.05, 0.1) is 10.6 Å². The Labute approximate surface area is 127 Å². The number of nitrogens with one attached hydrogen (secondary N) is 1. The number of aliphatic hydroxyl groups is 1. The second-order valence-corrected chi connectivity index (χ2v) is 7.55. The van der Waals surface area contributed by atoms with Gasteiger partial charge in [0.25, 0.3) is 0 Å². The van der Waals surface area contributed by atoms with Crippen molar-refractivity contribution < 1.29 is 5.11 Å². The fourth-order valence-electron chi connectivity index (χ4n) is 2.36. The molecular formula is C14H20BrClN2O. The van der Waals surface area contributed by atoms with Gasteiger partial charge in [-0.1, -0.05) is 25.4 Å². The molecule has 0 bridgehead atoms. The van der Waals surface area contributed by atoms with E-state index in [1.807, 2.05) is 0 Å². The van der Waals surface area contributed by atoms with E-state index in [9.17, 15) is 5.11 Å². The molecule has 3 nitrogen and oxygen atoms in total. The van der Waals surface area contributed by atoms with Gasteiger partial charge in [0.15, 0.2) is 0 Å². The number of aromatic nitrogens is 1. The highest BCUT2D eigenvalue weighted by Crippen LogP contribution is 2.40. The maximum atomic E-state index is 10.6. The summed E-state index contributed by atoms with van der Waals surface area (Å²) in [5.74, 6) is 0.628. The summed E-state index contributed by atoms with van der Waals surface area (Å²) in [7, 11) is 0. The van der Waals surface area contributed by atoms with E-state index in [0.29, 0.717) is 22.8 Å². The summed E-state index contributed by atoms with van der Waals surface area (Å²) in [5.41, 5.74) is -0.298. The van der Waals surface area contributed by atoms with Crippen LogP contribution in [0.25, 0.3) is 0 Å². The molecule has 0 aliphatic heterocycles. The van der Waals surface area contributed by atoms with Crippen LogP contribution in [0.1, 0.15) is 39.5 Å². The number of halogens is 2. The molecule has 106 valence electrons. The van der Waals surface area contributed by atoms with Crippen molar-refractivity contribution in [2.75, 3.05) is 11.9 Å². The van der Waals surface area contributed by atoms with Crippen LogP contribution in [0.2, 0.25) is 5.02 Å².